The predicted molar refractivity (Wildman–Crippen MR) is 49.8 cm³/mol. The number of carboxylic acids is 1. The summed E-state index contributed by atoms with van der Waals surface area (Å²) < 4.78 is 5.24. The van der Waals surface area contributed by atoms with Gasteiger partial charge in [0.15, 0.2) is 0 Å². The standard InChI is InChI=1S/C10H14O4/c1-7(5-10(12)13)4-8-2-3-9(6-11)14-8/h2-3,7,11H,4-6H2,1H3,(H,12,13). The largest absolute Gasteiger partial charge is 0.481 e. The van der Waals surface area contributed by atoms with E-state index >= 15 is 0 Å². The average molecular weight is 198 g/mol. The van der Waals surface area contributed by atoms with Gasteiger partial charge in [-0.1, -0.05) is 6.92 Å². The van der Waals surface area contributed by atoms with Crippen molar-refractivity contribution in [2.75, 3.05) is 0 Å². The van der Waals surface area contributed by atoms with Gasteiger partial charge in [-0.2, -0.15) is 0 Å². The summed E-state index contributed by atoms with van der Waals surface area (Å²) in [5.74, 6) is 0.488. The first-order valence-electron chi connectivity index (χ1n) is 4.52. The molecule has 1 aromatic heterocycles. The van der Waals surface area contributed by atoms with Crippen LogP contribution in [0.2, 0.25) is 0 Å². The number of furan rings is 1. The van der Waals surface area contributed by atoms with Crippen LogP contribution in [0.4, 0.5) is 0 Å². The molecule has 0 saturated heterocycles. The van der Waals surface area contributed by atoms with Crippen LogP contribution in [-0.2, 0) is 17.8 Å². The monoisotopic (exact) mass is 198 g/mol. The first kappa shape index (κ1) is 10.8. The number of hydrogen-bond acceptors (Lipinski definition) is 3. The number of aliphatic carboxylic acids is 1. The molecule has 0 bridgehead atoms. The van der Waals surface area contributed by atoms with Crippen molar-refractivity contribution >= 4 is 5.97 Å². The lowest BCUT2D eigenvalue weighted by atomic mass is 10.0. The Kier molecular flexibility index (Phi) is 3.71. The van der Waals surface area contributed by atoms with Crippen molar-refractivity contribution < 1.29 is 19.4 Å². The molecule has 78 valence electrons. The summed E-state index contributed by atoms with van der Waals surface area (Å²) in [5.41, 5.74) is 0. The van der Waals surface area contributed by atoms with E-state index in [4.69, 9.17) is 14.6 Å². The van der Waals surface area contributed by atoms with E-state index in [1.807, 2.05) is 6.92 Å². The van der Waals surface area contributed by atoms with Crippen molar-refractivity contribution in [3.8, 4) is 0 Å². The number of aliphatic hydroxyl groups excluding tert-OH is 1. The van der Waals surface area contributed by atoms with E-state index in [0.29, 0.717) is 12.2 Å². The molecule has 0 spiro atoms. The molecular formula is C10H14O4. The molecule has 1 unspecified atom stereocenters. The van der Waals surface area contributed by atoms with E-state index in [0.717, 1.165) is 5.76 Å². The number of carboxylic acid groups (broad SMARTS) is 1. The lowest BCUT2D eigenvalue weighted by Crippen LogP contribution is -2.06. The van der Waals surface area contributed by atoms with Gasteiger partial charge in [0.05, 0.1) is 0 Å². The minimum Gasteiger partial charge on any atom is -0.481 e. The third kappa shape index (κ3) is 3.22. The second-order valence-electron chi connectivity index (χ2n) is 3.43. The highest BCUT2D eigenvalue weighted by atomic mass is 16.4. The summed E-state index contributed by atoms with van der Waals surface area (Å²) in [6.45, 7) is 1.74. The predicted octanol–water partition coefficient (Wildman–Crippen LogP) is 1.43. The SMILES string of the molecule is CC(CC(=O)O)Cc1ccc(CO)o1. The van der Waals surface area contributed by atoms with Gasteiger partial charge in [0.25, 0.3) is 0 Å². The molecule has 0 amide bonds. The first-order valence-corrected chi connectivity index (χ1v) is 4.52. The number of hydrogen-bond donors (Lipinski definition) is 2. The van der Waals surface area contributed by atoms with Crippen LogP contribution in [0.5, 0.6) is 0 Å². The van der Waals surface area contributed by atoms with Crippen LogP contribution in [-0.4, -0.2) is 16.2 Å². The second-order valence-corrected chi connectivity index (χ2v) is 3.43. The van der Waals surface area contributed by atoms with Crippen molar-refractivity contribution in [2.45, 2.75) is 26.4 Å². The third-order valence-corrected chi connectivity index (χ3v) is 1.95. The topological polar surface area (TPSA) is 70.7 Å². The molecule has 14 heavy (non-hydrogen) atoms. The zero-order chi connectivity index (χ0) is 10.6. The highest BCUT2D eigenvalue weighted by Crippen LogP contribution is 2.14. The fourth-order valence-electron chi connectivity index (χ4n) is 1.33. The molecule has 0 aliphatic rings. The summed E-state index contributed by atoms with van der Waals surface area (Å²) in [6, 6.07) is 3.47. The zero-order valence-corrected chi connectivity index (χ0v) is 8.06. The molecule has 0 fully saturated rings. The van der Waals surface area contributed by atoms with Gasteiger partial charge in [0, 0.05) is 12.8 Å². The number of carbonyl (C=O) groups is 1. The first-order chi connectivity index (χ1) is 6.61. The molecule has 2 N–H and O–H groups in total. The maximum Gasteiger partial charge on any atom is 0.303 e. The van der Waals surface area contributed by atoms with Gasteiger partial charge in [-0.25, -0.2) is 0 Å². The van der Waals surface area contributed by atoms with Crippen LogP contribution >= 0.6 is 0 Å². The molecule has 0 aliphatic heterocycles. The molecule has 4 heteroatoms. The molecule has 1 heterocycles. The smallest absolute Gasteiger partial charge is 0.303 e. The summed E-state index contributed by atoms with van der Waals surface area (Å²) in [6.07, 6.45) is 0.724. The van der Waals surface area contributed by atoms with E-state index in [-0.39, 0.29) is 18.9 Å². The fourth-order valence-corrected chi connectivity index (χ4v) is 1.33. The second kappa shape index (κ2) is 4.81. The fraction of sp³-hybridized carbons (Fsp3) is 0.500. The number of aliphatic hydroxyl groups is 1. The Bertz CT molecular complexity index is 303. The Labute approximate surface area is 82.2 Å². The van der Waals surface area contributed by atoms with Gasteiger partial charge in [0.2, 0.25) is 0 Å². The quantitative estimate of drug-likeness (QED) is 0.750. The molecule has 0 saturated carbocycles. The van der Waals surface area contributed by atoms with E-state index in [1.54, 1.807) is 12.1 Å². The van der Waals surface area contributed by atoms with Crippen molar-refractivity contribution in [3.63, 3.8) is 0 Å². The van der Waals surface area contributed by atoms with Gasteiger partial charge in [-0.05, 0) is 18.1 Å². The third-order valence-electron chi connectivity index (χ3n) is 1.95. The van der Waals surface area contributed by atoms with Crippen molar-refractivity contribution in [1.29, 1.82) is 0 Å². The number of rotatable bonds is 5. The van der Waals surface area contributed by atoms with Crippen LogP contribution < -0.4 is 0 Å². The maximum absolute atomic E-state index is 10.4. The highest BCUT2D eigenvalue weighted by molar-refractivity contribution is 5.66. The Balaban J connectivity index is 2.47. The van der Waals surface area contributed by atoms with Crippen LogP contribution in [0.25, 0.3) is 0 Å². The van der Waals surface area contributed by atoms with Gasteiger partial charge in [0.1, 0.15) is 18.1 Å². The Hall–Kier alpha value is -1.29. The van der Waals surface area contributed by atoms with Gasteiger partial charge < -0.3 is 14.6 Å². The molecule has 0 aliphatic carbocycles. The zero-order valence-electron chi connectivity index (χ0n) is 8.06. The van der Waals surface area contributed by atoms with Gasteiger partial charge >= 0.3 is 5.97 Å². The van der Waals surface area contributed by atoms with E-state index in [9.17, 15) is 4.79 Å². The van der Waals surface area contributed by atoms with Crippen LogP contribution in [0, 0.1) is 5.92 Å². The summed E-state index contributed by atoms with van der Waals surface area (Å²) in [5, 5.41) is 17.3. The lowest BCUT2D eigenvalue weighted by Gasteiger charge is -2.05. The summed E-state index contributed by atoms with van der Waals surface area (Å²) in [4.78, 5) is 10.4. The summed E-state index contributed by atoms with van der Waals surface area (Å²) >= 11 is 0. The van der Waals surface area contributed by atoms with Crippen molar-refractivity contribution in [3.05, 3.63) is 23.7 Å². The Morgan fingerprint density at radius 1 is 1.50 bits per heavy atom. The van der Waals surface area contributed by atoms with Crippen molar-refractivity contribution in [2.24, 2.45) is 5.92 Å². The molecule has 4 nitrogen and oxygen atoms in total. The Morgan fingerprint density at radius 3 is 2.64 bits per heavy atom. The van der Waals surface area contributed by atoms with Crippen LogP contribution in [0.15, 0.2) is 16.5 Å². The average Bonchev–Trinajstić information content (AvgIpc) is 2.50. The normalized spacial score (nSPS) is 12.7. The van der Waals surface area contributed by atoms with E-state index < -0.39 is 5.97 Å². The van der Waals surface area contributed by atoms with E-state index in [1.165, 1.54) is 0 Å². The van der Waals surface area contributed by atoms with Gasteiger partial charge in [-0.15, -0.1) is 0 Å². The van der Waals surface area contributed by atoms with Crippen LogP contribution in [0.1, 0.15) is 24.9 Å². The molecule has 0 radical (unpaired) electrons. The molecule has 0 aromatic carbocycles. The summed E-state index contributed by atoms with van der Waals surface area (Å²) in [7, 11) is 0. The minimum absolute atomic E-state index is 0.0465. The molecule has 1 atom stereocenters. The van der Waals surface area contributed by atoms with Crippen LogP contribution in [0.3, 0.4) is 0 Å². The molecule has 1 rings (SSSR count). The maximum atomic E-state index is 10.4. The highest BCUT2D eigenvalue weighted by Gasteiger charge is 2.10. The van der Waals surface area contributed by atoms with E-state index in [2.05, 4.69) is 0 Å². The molecular weight excluding hydrogens is 184 g/mol. The minimum atomic E-state index is -0.800. The molecule has 1 aromatic rings. The van der Waals surface area contributed by atoms with Crippen molar-refractivity contribution in [1.82, 2.24) is 0 Å². The lowest BCUT2D eigenvalue weighted by molar-refractivity contribution is -0.137. The Morgan fingerprint density at radius 2 is 2.14 bits per heavy atom. The van der Waals surface area contributed by atoms with Gasteiger partial charge in [-0.3, -0.25) is 4.79 Å².